The van der Waals surface area contributed by atoms with Crippen molar-refractivity contribution in [1.82, 2.24) is 20.2 Å². The Labute approximate surface area is 143 Å². The molecule has 5 rings (SSSR count). The summed E-state index contributed by atoms with van der Waals surface area (Å²) in [5, 5.41) is 8.90. The summed E-state index contributed by atoms with van der Waals surface area (Å²) in [4.78, 5) is 16.9. The second-order valence-corrected chi connectivity index (χ2v) is 7.71. The van der Waals surface area contributed by atoms with Gasteiger partial charge in [-0.25, -0.2) is 4.98 Å². The molecule has 3 aromatic rings. The molecule has 122 valence electrons. The fraction of sp³-hybridized carbons (Fsp3) is 0.333. The van der Waals surface area contributed by atoms with Crippen LogP contribution in [0, 0.1) is 0 Å². The van der Waals surface area contributed by atoms with Crippen LogP contribution in [0.1, 0.15) is 29.8 Å². The van der Waals surface area contributed by atoms with Crippen molar-refractivity contribution in [3.8, 4) is 5.00 Å². The van der Waals surface area contributed by atoms with Crippen molar-refractivity contribution >= 4 is 27.3 Å². The number of nitrogens with zero attached hydrogens (tertiary/aromatic N) is 2. The van der Waals surface area contributed by atoms with E-state index in [1.165, 1.54) is 6.42 Å². The number of hydrogen-bond donors (Lipinski definition) is 2. The van der Waals surface area contributed by atoms with Crippen molar-refractivity contribution < 1.29 is 4.79 Å². The van der Waals surface area contributed by atoms with E-state index in [2.05, 4.69) is 26.3 Å². The van der Waals surface area contributed by atoms with E-state index >= 15 is 0 Å². The molecule has 0 unspecified atom stereocenters. The van der Waals surface area contributed by atoms with E-state index in [9.17, 15) is 4.79 Å². The van der Waals surface area contributed by atoms with Gasteiger partial charge < -0.3 is 15.2 Å². The number of rotatable bonds is 3. The highest BCUT2D eigenvalue weighted by Gasteiger charge is 2.39. The van der Waals surface area contributed by atoms with Crippen molar-refractivity contribution in [3.63, 3.8) is 0 Å². The van der Waals surface area contributed by atoms with Crippen molar-refractivity contribution in [1.29, 1.82) is 0 Å². The van der Waals surface area contributed by atoms with Crippen LogP contribution in [0.25, 0.3) is 15.1 Å². The summed E-state index contributed by atoms with van der Waals surface area (Å²) in [6.07, 6.45) is 9.28. The third-order valence-corrected chi connectivity index (χ3v) is 6.20. The smallest absolute Gasteiger partial charge is 0.270 e. The van der Waals surface area contributed by atoms with Crippen LogP contribution in [-0.2, 0) is 0 Å². The molecule has 2 saturated heterocycles. The second-order valence-electron chi connectivity index (χ2n) is 6.65. The minimum atomic E-state index is -0.0648. The summed E-state index contributed by atoms with van der Waals surface area (Å²) >= 11 is 1.68. The zero-order chi connectivity index (χ0) is 16.1. The standard InChI is InChI=1S/C18H18N4OS/c23-18(21-14-9-12-3-4-13(14)20-12)15-7-11-8-17(22-5-1-2-6-22)24-16(11)10-19-15/h1-2,5-8,10,12-14,20H,3-4,9H2,(H,21,23)/t12-,13+,14-/m1/s1. The number of amides is 1. The van der Waals surface area contributed by atoms with E-state index in [0.29, 0.717) is 17.8 Å². The van der Waals surface area contributed by atoms with Crippen LogP contribution < -0.4 is 10.6 Å². The van der Waals surface area contributed by atoms with E-state index in [1.807, 2.05) is 30.6 Å². The SMILES string of the molecule is O=C(N[C@@H]1C[C@H]2CC[C@@H]1N2)c1cc2cc(-n3cccc3)sc2cn1. The summed E-state index contributed by atoms with van der Waals surface area (Å²) in [5.74, 6) is -0.0648. The van der Waals surface area contributed by atoms with Crippen LogP contribution in [0.15, 0.2) is 42.9 Å². The van der Waals surface area contributed by atoms with Gasteiger partial charge in [0.1, 0.15) is 10.7 Å². The molecule has 0 spiro atoms. The summed E-state index contributed by atoms with van der Waals surface area (Å²) in [6, 6.07) is 9.27. The first-order chi connectivity index (χ1) is 11.8. The summed E-state index contributed by atoms with van der Waals surface area (Å²) in [7, 11) is 0. The Morgan fingerprint density at radius 1 is 1.29 bits per heavy atom. The predicted molar refractivity (Wildman–Crippen MR) is 94.8 cm³/mol. The minimum Gasteiger partial charge on any atom is -0.346 e. The molecule has 0 aliphatic carbocycles. The van der Waals surface area contributed by atoms with E-state index in [-0.39, 0.29) is 11.9 Å². The second kappa shape index (κ2) is 5.43. The van der Waals surface area contributed by atoms with Crippen LogP contribution in [0.5, 0.6) is 0 Å². The van der Waals surface area contributed by atoms with Crippen LogP contribution >= 0.6 is 11.3 Å². The molecule has 5 heterocycles. The third-order valence-electron chi connectivity index (χ3n) is 5.10. The van der Waals surface area contributed by atoms with Gasteiger partial charge in [-0.15, -0.1) is 11.3 Å². The van der Waals surface area contributed by atoms with Gasteiger partial charge in [-0.2, -0.15) is 0 Å². The number of aromatic nitrogens is 2. The fourth-order valence-electron chi connectivity index (χ4n) is 3.89. The van der Waals surface area contributed by atoms with Gasteiger partial charge in [0, 0.05) is 36.7 Å². The highest BCUT2D eigenvalue weighted by Crippen LogP contribution is 2.30. The molecule has 0 aromatic carbocycles. The highest BCUT2D eigenvalue weighted by molar-refractivity contribution is 7.21. The average Bonchev–Trinajstić information content (AvgIpc) is 3.35. The molecule has 0 saturated carbocycles. The Balaban J connectivity index is 1.39. The summed E-state index contributed by atoms with van der Waals surface area (Å²) in [5.41, 5.74) is 0.502. The zero-order valence-electron chi connectivity index (χ0n) is 13.1. The maximum absolute atomic E-state index is 12.6. The lowest BCUT2D eigenvalue weighted by Gasteiger charge is -2.21. The molecular formula is C18H18N4OS. The maximum atomic E-state index is 12.6. The van der Waals surface area contributed by atoms with Crippen molar-refractivity contribution in [2.75, 3.05) is 0 Å². The highest BCUT2D eigenvalue weighted by atomic mass is 32.1. The zero-order valence-corrected chi connectivity index (χ0v) is 13.9. The number of thiophene rings is 1. The Morgan fingerprint density at radius 3 is 2.92 bits per heavy atom. The molecule has 6 heteroatoms. The first-order valence-electron chi connectivity index (χ1n) is 8.36. The predicted octanol–water partition coefficient (Wildman–Crippen LogP) is 2.71. The molecule has 24 heavy (non-hydrogen) atoms. The molecule has 2 bridgehead atoms. The van der Waals surface area contributed by atoms with E-state index in [1.54, 1.807) is 17.5 Å². The number of hydrogen-bond acceptors (Lipinski definition) is 4. The Hall–Kier alpha value is -2.18. The molecule has 5 nitrogen and oxygen atoms in total. The molecule has 2 fully saturated rings. The Kier molecular flexibility index (Phi) is 3.21. The van der Waals surface area contributed by atoms with Gasteiger partial charge in [0.25, 0.3) is 5.91 Å². The molecule has 3 atom stereocenters. The summed E-state index contributed by atoms with van der Waals surface area (Å²) < 4.78 is 3.17. The van der Waals surface area contributed by atoms with Gasteiger partial charge in [-0.3, -0.25) is 4.79 Å². The monoisotopic (exact) mass is 338 g/mol. The molecule has 0 radical (unpaired) electrons. The number of carbonyl (C=O) groups excluding carboxylic acids is 1. The maximum Gasteiger partial charge on any atom is 0.270 e. The molecule has 1 amide bonds. The van der Waals surface area contributed by atoms with Gasteiger partial charge in [-0.1, -0.05) is 0 Å². The van der Waals surface area contributed by atoms with Crippen molar-refractivity contribution in [2.45, 2.75) is 37.4 Å². The van der Waals surface area contributed by atoms with Crippen LogP contribution in [-0.4, -0.2) is 33.6 Å². The first kappa shape index (κ1) is 14.2. The van der Waals surface area contributed by atoms with Gasteiger partial charge in [0.15, 0.2) is 0 Å². The van der Waals surface area contributed by atoms with Crippen LogP contribution in [0.4, 0.5) is 0 Å². The normalized spacial score (nSPS) is 25.4. The fourth-order valence-corrected chi connectivity index (χ4v) is 4.87. The van der Waals surface area contributed by atoms with Gasteiger partial charge >= 0.3 is 0 Å². The van der Waals surface area contributed by atoms with E-state index < -0.39 is 0 Å². The topological polar surface area (TPSA) is 59.0 Å². The quantitative estimate of drug-likeness (QED) is 0.772. The van der Waals surface area contributed by atoms with Crippen LogP contribution in [0.2, 0.25) is 0 Å². The van der Waals surface area contributed by atoms with E-state index in [4.69, 9.17) is 0 Å². The summed E-state index contributed by atoms with van der Waals surface area (Å²) in [6.45, 7) is 0. The lowest BCUT2D eigenvalue weighted by molar-refractivity contribution is 0.0926. The van der Waals surface area contributed by atoms with Gasteiger partial charge in [0.2, 0.25) is 0 Å². The minimum absolute atomic E-state index is 0.0648. The first-order valence-corrected chi connectivity index (χ1v) is 9.18. The molecule has 2 aliphatic rings. The van der Waals surface area contributed by atoms with Gasteiger partial charge in [-0.05, 0) is 48.9 Å². The number of carbonyl (C=O) groups is 1. The number of pyridine rings is 1. The van der Waals surface area contributed by atoms with Crippen molar-refractivity contribution in [3.05, 3.63) is 48.5 Å². The number of nitrogens with one attached hydrogen (secondary N) is 2. The molecular weight excluding hydrogens is 320 g/mol. The van der Waals surface area contributed by atoms with Crippen LogP contribution in [0.3, 0.4) is 0 Å². The Morgan fingerprint density at radius 2 is 2.17 bits per heavy atom. The molecule has 3 aromatic heterocycles. The Bertz CT molecular complexity index is 901. The molecule has 2 N–H and O–H groups in total. The lowest BCUT2D eigenvalue weighted by atomic mass is 9.95. The van der Waals surface area contributed by atoms with Crippen molar-refractivity contribution in [2.24, 2.45) is 0 Å². The lowest BCUT2D eigenvalue weighted by Crippen LogP contribution is -2.43. The molecule has 2 aliphatic heterocycles. The average molecular weight is 338 g/mol. The van der Waals surface area contributed by atoms with E-state index in [0.717, 1.165) is 27.9 Å². The number of fused-ring (bicyclic) bond motifs is 3. The largest absolute Gasteiger partial charge is 0.346 e. The third kappa shape index (κ3) is 2.34. The van der Waals surface area contributed by atoms with Gasteiger partial charge in [0.05, 0.1) is 4.70 Å².